The predicted octanol–water partition coefficient (Wildman–Crippen LogP) is 3.68. The van der Waals surface area contributed by atoms with E-state index in [4.69, 9.17) is 14.0 Å². The minimum atomic E-state index is -0.804. The fourth-order valence-electron chi connectivity index (χ4n) is 2.43. The second-order valence-electron chi connectivity index (χ2n) is 5.90. The molecule has 1 N–H and O–H groups in total. The Hall–Kier alpha value is -3.46. The Bertz CT molecular complexity index is 1020. The Morgan fingerprint density at radius 1 is 1.10 bits per heavy atom. The Labute approximate surface area is 170 Å². The largest absolute Gasteiger partial charge is 0.462 e. The maximum Gasteiger partial charge on any atom is 0.377 e. The van der Waals surface area contributed by atoms with Crippen LogP contribution < -0.4 is 5.32 Å². The van der Waals surface area contributed by atoms with Gasteiger partial charge in [-0.25, -0.2) is 9.59 Å². The SMILES string of the molecule is CCOC(=O)c1sc(-c2ccccc2)cc1NC(=O)COC(=O)c1cc(C)no1. The number of anilines is 1. The molecule has 2 heterocycles. The number of carbonyl (C=O) groups excluding carboxylic acids is 3. The van der Waals surface area contributed by atoms with Crippen LogP contribution >= 0.6 is 11.3 Å². The smallest absolute Gasteiger partial charge is 0.377 e. The third-order valence-electron chi connectivity index (χ3n) is 3.69. The lowest BCUT2D eigenvalue weighted by Gasteiger charge is -2.06. The first-order chi connectivity index (χ1) is 14.0. The van der Waals surface area contributed by atoms with E-state index in [1.165, 1.54) is 17.4 Å². The van der Waals surface area contributed by atoms with Crippen molar-refractivity contribution in [3.05, 3.63) is 58.8 Å². The summed E-state index contributed by atoms with van der Waals surface area (Å²) in [5.74, 6) is -2.03. The molecule has 1 aromatic carbocycles. The lowest BCUT2D eigenvalue weighted by molar-refractivity contribution is -0.119. The van der Waals surface area contributed by atoms with Gasteiger partial charge in [0, 0.05) is 10.9 Å². The third kappa shape index (κ3) is 5.08. The normalized spacial score (nSPS) is 10.4. The zero-order valence-corrected chi connectivity index (χ0v) is 16.6. The Morgan fingerprint density at radius 3 is 2.52 bits per heavy atom. The molecule has 0 aliphatic carbocycles. The number of nitrogens with one attached hydrogen (secondary N) is 1. The maximum atomic E-state index is 12.3. The van der Waals surface area contributed by atoms with Gasteiger partial charge in [0.25, 0.3) is 5.91 Å². The van der Waals surface area contributed by atoms with Gasteiger partial charge in [-0.05, 0) is 25.5 Å². The lowest BCUT2D eigenvalue weighted by Crippen LogP contribution is -2.21. The van der Waals surface area contributed by atoms with E-state index in [9.17, 15) is 14.4 Å². The summed E-state index contributed by atoms with van der Waals surface area (Å²) in [5.41, 5.74) is 1.71. The summed E-state index contributed by atoms with van der Waals surface area (Å²) in [5, 5.41) is 6.19. The molecule has 0 unspecified atom stereocenters. The van der Waals surface area contributed by atoms with E-state index in [-0.39, 0.29) is 17.2 Å². The molecule has 0 radical (unpaired) electrons. The summed E-state index contributed by atoms with van der Waals surface area (Å²) in [6.07, 6.45) is 0. The van der Waals surface area contributed by atoms with Gasteiger partial charge in [-0.3, -0.25) is 4.79 Å². The minimum absolute atomic E-state index is 0.0931. The minimum Gasteiger partial charge on any atom is -0.462 e. The molecule has 0 aliphatic heterocycles. The van der Waals surface area contributed by atoms with Gasteiger partial charge in [0.05, 0.1) is 18.0 Å². The van der Waals surface area contributed by atoms with Crippen molar-refractivity contribution in [1.82, 2.24) is 5.16 Å². The topological polar surface area (TPSA) is 108 Å². The number of hydrogen-bond donors (Lipinski definition) is 1. The van der Waals surface area contributed by atoms with Crippen molar-refractivity contribution >= 4 is 34.9 Å². The Balaban J connectivity index is 1.72. The van der Waals surface area contributed by atoms with Crippen LogP contribution in [0.25, 0.3) is 10.4 Å². The first kappa shape index (κ1) is 20.3. The number of carbonyl (C=O) groups is 3. The van der Waals surface area contributed by atoms with E-state index in [1.54, 1.807) is 19.9 Å². The van der Waals surface area contributed by atoms with Crippen molar-refractivity contribution in [2.45, 2.75) is 13.8 Å². The molecular formula is C20H18N2O6S. The second kappa shape index (κ2) is 9.16. The van der Waals surface area contributed by atoms with E-state index in [0.717, 1.165) is 10.4 Å². The molecule has 9 heteroatoms. The molecule has 150 valence electrons. The van der Waals surface area contributed by atoms with Crippen molar-refractivity contribution in [1.29, 1.82) is 0 Å². The molecule has 2 aromatic heterocycles. The molecule has 0 aliphatic rings. The van der Waals surface area contributed by atoms with E-state index in [0.29, 0.717) is 11.4 Å². The summed E-state index contributed by atoms with van der Waals surface area (Å²) >= 11 is 1.21. The van der Waals surface area contributed by atoms with Crippen LogP contribution in [0.4, 0.5) is 5.69 Å². The van der Waals surface area contributed by atoms with Gasteiger partial charge in [-0.15, -0.1) is 11.3 Å². The highest BCUT2D eigenvalue weighted by atomic mass is 32.1. The molecule has 1 amide bonds. The molecule has 0 bridgehead atoms. The summed E-state index contributed by atoms with van der Waals surface area (Å²) in [7, 11) is 0. The third-order valence-corrected chi connectivity index (χ3v) is 4.85. The number of hydrogen-bond acceptors (Lipinski definition) is 8. The summed E-state index contributed by atoms with van der Waals surface area (Å²) < 4.78 is 14.8. The van der Waals surface area contributed by atoms with Crippen molar-refractivity contribution < 1.29 is 28.4 Å². The number of ether oxygens (including phenoxy) is 2. The van der Waals surface area contributed by atoms with Crippen LogP contribution in [0.3, 0.4) is 0 Å². The molecule has 3 aromatic rings. The molecule has 0 fully saturated rings. The number of rotatable bonds is 7. The van der Waals surface area contributed by atoms with E-state index in [1.807, 2.05) is 30.3 Å². The average Bonchev–Trinajstić information content (AvgIpc) is 3.33. The highest BCUT2D eigenvalue weighted by molar-refractivity contribution is 7.18. The maximum absolute atomic E-state index is 12.3. The van der Waals surface area contributed by atoms with Crippen LogP contribution in [-0.2, 0) is 14.3 Å². The Morgan fingerprint density at radius 2 is 1.86 bits per heavy atom. The van der Waals surface area contributed by atoms with Crippen molar-refractivity contribution in [3.63, 3.8) is 0 Å². The molecule has 0 atom stereocenters. The van der Waals surface area contributed by atoms with E-state index >= 15 is 0 Å². The van der Waals surface area contributed by atoms with Gasteiger partial charge in [0.2, 0.25) is 5.76 Å². The molecule has 29 heavy (non-hydrogen) atoms. The fraction of sp³-hybridized carbons (Fsp3) is 0.200. The zero-order chi connectivity index (χ0) is 20.8. The first-order valence-corrected chi connectivity index (χ1v) is 9.56. The van der Waals surface area contributed by atoms with Crippen molar-refractivity contribution in [3.8, 4) is 10.4 Å². The van der Waals surface area contributed by atoms with Gasteiger partial charge in [-0.1, -0.05) is 35.5 Å². The number of benzene rings is 1. The van der Waals surface area contributed by atoms with Crippen molar-refractivity contribution in [2.24, 2.45) is 0 Å². The molecule has 8 nitrogen and oxygen atoms in total. The van der Waals surface area contributed by atoms with E-state index in [2.05, 4.69) is 10.5 Å². The quantitative estimate of drug-likeness (QED) is 0.588. The number of aromatic nitrogens is 1. The van der Waals surface area contributed by atoms with Crippen LogP contribution in [0.15, 0.2) is 47.0 Å². The van der Waals surface area contributed by atoms with Crippen LogP contribution in [-0.4, -0.2) is 36.2 Å². The number of thiophene rings is 1. The summed E-state index contributed by atoms with van der Waals surface area (Å²) in [6, 6.07) is 12.5. The van der Waals surface area contributed by atoms with Gasteiger partial charge in [0.15, 0.2) is 6.61 Å². The number of esters is 2. The Kier molecular flexibility index (Phi) is 6.40. The molecule has 0 saturated carbocycles. The van der Waals surface area contributed by atoms with Gasteiger partial charge in [0.1, 0.15) is 4.88 Å². The number of amides is 1. The lowest BCUT2D eigenvalue weighted by atomic mass is 10.2. The standard InChI is InChI=1S/C20H18N2O6S/c1-3-26-20(25)18-14(10-16(29-18)13-7-5-4-6-8-13)21-17(23)11-27-19(24)15-9-12(2)22-28-15/h4-10H,3,11H2,1-2H3,(H,21,23). The average molecular weight is 414 g/mol. The van der Waals surface area contributed by atoms with Crippen LogP contribution in [0, 0.1) is 6.92 Å². The monoisotopic (exact) mass is 414 g/mol. The summed E-state index contributed by atoms with van der Waals surface area (Å²) in [6.45, 7) is 3.02. The first-order valence-electron chi connectivity index (χ1n) is 8.74. The van der Waals surface area contributed by atoms with Crippen LogP contribution in [0.1, 0.15) is 32.8 Å². The highest BCUT2D eigenvalue weighted by Crippen LogP contribution is 2.35. The summed E-state index contributed by atoms with van der Waals surface area (Å²) in [4.78, 5) is 37.4. The molecule has 0 saturated heterocycles. The fourth-order valence-corrected chi connectivity index (χ4v) is 3.44. The molecular weight excluding hydrogens is 396 g/mol. The zero-order valence-electron chi connectivity index (χ0n) is 15.8. The number of aryl methyl sites for hydroxylation is 1. The predicted molar refractivity (Wildman–Crippen MR) is 106 cm³/mol. The van der Waals surface area contributed by atoms with Crippen LogP contribution in [0.5, 0.6) is 0 Å². The molecule has 0 spiro atoms. The second-order valence-corrected chi connectivity index (χ2v) is 6.95. The van der Waals surface area contributed by atoms with Gasteiger partial charge in [-0.2, -0.15) is 0 Å². The number of nitrogens with zero attached hydrogens (tertiary/aromatic N) is 1. The van der Waals surface area contributed by atoms with Crippen LogP contribution in [0.2, 0.25) is 0 Å². The van der Waals surface area contributed by atoms with Gasteiger partial charge < -0.3 is 19.3 Å². The van der Waals surface area contributed by atoms with E-state index < -0.39 is 24.5 Å². The van der Waals surface area contributed by atoms with Crippen molar-refractivity contribution in [2.75, 3.05) is 18.5 Å². The van der Waals surface area contributed by atoms with Gasteiger partial charge >= 0.3 is 11.9 Å². The highest BCUT2D eigenvalue weighted by Gasteiger charge is 2.21. The molecule has 3 rings (SSSR count).